The summed E-state index contributed by atoms with van der Waals surface area (Å²) in [6.45, 7) is -2.91. The smallest absolute Gasteiger partial charge is 0.387 e. The van der Waals surface area contributed by atoms with Gasteiger partial charge in [0.25, 0.3) is 0 Å². The minimum absolute atomic E-state index is 0.0119. The summed E-state index contributed by atoms with van der Waals surface area (Å²) < 4.78 is 28.3. The Morgan fingerprint density at radius 3 is 2.45 bits per heavy atom. The van der Waals surface area contributed by atoms with E-state index >= 15 is 0 Å². The van der Waals surface area contributed by atoms with Gasteiger partial charge in [0.15, 0.2) is 0 Å². The highest BCUT2D eigenvalue weighted by Crippen LogP contribution is 2.18. The van der Waals surface area contributed by atoms with Crippen LogP contribution in [0.3, 0.4) is 0 Å². The molecule has 0 aromatic heterocycles. The van der Waals surface area contributed by atoms with Crippen LogP contribution in [-0.4, -0.2) is 36.6 Å². The molecule has 0 saturated carbocycles. The number of urea groups is 1. The van der Waals surface area contributed by atoms with Crippen molar-refractivity contribution in [1.29, 1.82) is 0 Å². The zero-order chi connectivity index (χ0) is 16.5. The van der Waals surface area contributed by atoms with Crippen molar-refractivity contribution in [1.82, 2.24) is 5.32 Å². The molecular weight excluding hydrogens is 316 g/mol. The number of nitrogens with one attached hydrogen (secondary N) is 2. The number of carbonyl (C=O) groups excluding carboxylic acids is 2. The average Bonchev–Trinajstić information content (AvgIpc) is 2.44. The molecule has 0 aliphatic heterocycles. The molecule has 0 fully saturated rings. The maximum atomic E-state index is 12.1. The highest BCUT2D eigenvalue weighted by Gasteiger charge is 2.19. The number of anilines is 1. The highest BCUT2D eigenvalue weighted by molar-refractivity contribution is 7.98. The van der Waals surface area contributed by atoms with E-state index in [-0.39, 0.29) is 5.75 Å². The number of hydrogen-bond acceptors (Lipinski definition) is 4. The second-order valence-corrected chi connectivity index (χ2v) is 5.22. The maximum Gasteiger partial charge on any atom is 0.387 e. The number of carbonyl (C=O) groups is 2. The van der Waals surface area contributed by atoms with Crippen LogP contribution < -0.4 is 21.1 Å². The molecule has 0 aliphatic carbocycles. The molecule has 6 nitrogen and oxygen atoms in total. The number of alkyl halides is 2. The molecule has 9 heteroatoms. The number of amides is 3. The molecule has 122 valence electrons. The van der Waals surface area contributed by atoms with E-state index in [0.717, 1.165) is 0 Å². The van der Waals surface area contributed by atoms with Crippen LogP contribution in [0.1, 0.15) is 6.42 Å². The molecule has 1 aromatic rings. The monoisotopic (exact) mass is 333 g/mol. The van der Waals surface area contributed by atoms with Gasteiger partial charge in [0, 0.05) is 5.69 Å². The van der Waals surface area contributed by atoms with Crippen molar-refractivity contribution in [3.05, 3.63) is 24.3 Å². The Labute approximate surface area is 130 Å². The molecule has 4 N–H and O–H groups in total. The predicted octanol–water partition coefficient (Wildman–Crippen LogP) is 2.02. The fourth-order valence-electron chi connectivity index (χ4n) is 1.63. The van der Waals surface area contributed by atoms with Gasteiger partial charge in [-0.05, 0) is 42.7 Å². The largest absolute Gasteiger partial charge is 0.435 e. The Bertz CT molecular complexity index is 500. The number of benzene rings is 1. The van der Waals surface area contributed by atoms with Crippen molar-refractivity contribution in [2.75, 3.05) is 17.3 Å². The van der Waals surface area contributed by atoms with Gasteiger partial charge in [0.05, 0.1) is 0 Å². The molecule has 22 heavy (non-hydrogen) atoms. The van der Waals surface area contributed by atoms with E-state index in [2.05, 4.69) is 15.4 Å². The van der Waals surface area contributed by atoms with E-state index in [4.69, 9.17) is 5.73 Å². The van der Waals surface area contributed by atoms with Gasteiger partial charge in [-0.1, -0.05) is 0 Å². The Hall–Kier alpha value is -2.03. The third kappa shape index (κ3) is 6.61. The minimum atomic E-state index is -2.91. The Morgan fingerprint density at radius 1 is 1.32 bits per heavy atom. The summed E-state index contributed by atoms with van der Waals surface area (Å²) in [4.78, 5) is 23.0. The van der Waals surface area contributed by atoms with Gasteiger partial charge in [-0.15, -0.1) is 0 Å². The van der Waals surface area contributed by atoms with Crippen LogP contribution in [-0.2, 0) is 4.79 Å². The standard InChI is InChI=1S/C13H17F2N3O3S/c1-22-7-6-10(18-13(16)20)11(19)17-8-2-4-9(5-3-8)21-12(14)15/h2-5,10,12H,6-7H2,1H3,(H,17,19)(H3,16,18,20)/t10-/m0/s1. The molecule has 1 rings (SSSR count). The second-order valence-electron chi connectivity index (χ2n) is 4.23. The number of halogens is 2. The number of primary amides is 1. The zero-order valence-corrected chi connectivity index (χ0v) is 12.7. The average molecular weight is 333 g/mol. The summed E-state index contributed by atoms with van der Waals surface area (Å²) in [5.74, 6) is 0.220. The quantitative estimate of drug-likeness (QED) is 0.678. The normalized spacial score (nSPS) is 11.8. The number of ether oxygens (including phenoxy) is 1. The topological polar surface area (TPSA) is 93.5 Å². The second kappa shape index (κ2) is 9.08. The van der Waals surface area contributed by atoms with Crippen LogP contribution in [0, 0.1) is 0 Å². The van der Waals surface area contributed by atoms with E-state index in [9.17, 15) is 18.4 Å². The van der Waals surface area contributed by atoms with E-state index in [0.29, 0.717) is 17.9 Å². The summed E-state index contributed by atoms with van der Waals surface area (Å²) in [6, 6.07) is 3.90. The maximum absolute atomic E-state index is 12.1. The summed E-state index contributed by atoms with van der Waals surface area (Å²) in [7, 11) is 0. The van der Waals surface area contributed by atoms with Crippen LogP contribution in [0.2, 0.25) is 0 Å². The highest BCUT2D eigenvalue weighted by atomic mass is 32.2. The van der Waals surface area contributed by atoms with Crippen molar-refractivity contribution in [2.24, 2.45) is 5.73 Å². The van der Waals surface area contributed by atoms with Gasteiger partial charge in [0.2, 0.25) is 5.91 Å². The molecular formula is C13H17F2N3O3S. The molecule has 1 aromatic carbocycles. The van der Waals surface area contributed by atoms with Gasteiger partial charge in [0.1, 0.15) is 11.8 Å². The molecule has 3 amide bonds. The first kappa shape index (κ1) is 18.0. The molecule has 1 atom stereocenters. The van der Waals surface area contributed by atoms with E-state index < -0.39 is 24.6 Å². The van der Waals surface area contributed by atoms with Crippen LogP contribution in [0.25, 0.3) is 0 Å². The van der Waals surface area contributed by atoms with Crippen molar-refractivity contribution in [2.45, 2.75) is 19.1 Å². The van der Waals surface area contributed by atoms with E-state index in [1.165, 1.54) is 36.0 Å². The first-order valence-electron chi connectivity index (χ1n) is 6.33. The first-order valence-corrected chi connectivity index (χ1v) is 7.72. The van der Waals surface area contributed by atoms with Crippen LogP contribution >= 0.6 is 11.8 Å². The van der Waals surface area contributed by atoms with Gasteiger partial charge in [-0.3, -0.25) is 4.79 Å². The molecule has 0 saturated heterocycles. The molecule has 0 bridgehead atoms. The summed E-state index contributed by atoms with van der Waals surface area (Å²) >= 11 is 1.53. The fourth-order valence-corrected chi connectivity index (χ4v) is 2.10. The lowest BCUT2D eigenvalue weighted by Crippen LogP contribution is -2.46. The number of hydrogen-bond donors (Lipinski definition) is 3. The van der Waals surface area contributed by atoms with Crippen LogP contribution in [0.15, 0.2) is 24.3 Å². The van der Waals surface area contributed by atoms with Gasteiger partial charge in [-0.25, -0.2) is 4.79 Å². The molecule has 0 spiro atoms. The van der Waals surface area contributed by atoms with Gasteiger partial charge >= 0.3 is 12.6 Å². The summed E-state index contributed by atoms with van der Waals surface area (Å²) in [5.41, 5.74) is 5.43. The van der Waals surface area contributed by atoms with Crippen LogP contribution in [0.4, 0.5) is 19.3 Å². The summed E-state index contributed by atoms with van der Waals surface area (Å²) in [5, 5.41) is 4.94. The molecule has 0 aliphatic rings. The number of nitrogens with two attached hydrogens (primary N) is 1. The van der Waals surface area contributed by atoms with Crippen molar-refractivity contribution < 1.29 is 23.1 Å². The van der Waals surface area contributed by atoms with Crippen molar-refractivity contribution in [3.8, 4) is 5.75 Å². The lowest BCUT2D eigenvalue weighted by Gasteiger charge is -2.17. The third-order valence-electron chi connectivity index (χ3n) is 2.59. The predicted molar refractivity (Wildman–Crippen MR) is 81.2 cm³/mol. The molecule has 0 radical (unpaired) electrons. The molecule has 0 unspecified atom stereocenters. The van der Waals surface area contributed by atoms with Crippen molar-refractivity contribution in [3.63, 3.8) is 0 Å². The first-order chi connectivity index (χ1) is 10.4. The Morgan fingerprint density at radius 2 is 1.95 bits per heavy atom. The zero-order valence-electron chi connectivity index (χ0n) is 11.8. The van der Waals surface area contributed by atoms with Gasteiger partial charge < -0.3 is 21.1 Å². The summed E-state index contributed by atoms with van der Waals surface area (Å²) in [6.07, 6.45) is 2.30. The van der Waals surface area contributed by atoms with E-state index in [1.807, 2.05) is 6.26 Å². The SMILES string of the molecule is CSCC[C@H](NC(N)=O)C(=O)Nc1ccc(OC(F)F)cc1. The Balaban J connectivity index is 2.65. The minimum Gasteiger partial charge on any atom is -0.435 e. The Kier molecular flexibility index (Phi) is 7.44. The lowest BCUT2D eigenvalue weighted by molar-refractivity contribution is -0.118. The third-order valence-corrected chi connectivity index (χ3v) is 3.23. The van der Waals surface area contributed by atoms with Crippen molar-refractivity contribution >= 4 is 29.4 Å². The fraction of sp³-hybridized carbons (Fsp3) is 0.385. The molecule has 0 heterocycles. The number of thioether (sulfide) groups is 1. The van der Waals surface area contributed by atoms with Crippen LogP contribution in [0.5, 0.6) is 5.75 Å². The van der Waals surface area contributed by atoms with E-state index in [1.54, 1.807) is 0 Å². The van der Waals surface area contributed by atoms with Gasteiger partial charge in [-0.2, -0.15) is 20.5 Å². The number of rotatable bonds is 8. The lowest BCUT2D eigenvalue weighted by atomic mass is 10.2.